The summed E-state index contributed by atoms with van der Waals surface area (Å²) in [6, 6.07) is 13.8. The fraction of sp³-hybridized carbons (Fsp3) is 0.263. The molecule has 0 atom stereocenters. The SMILES string of the molecule is CC(C)(CNC(=O)Cc1cc2c(ccc3ccccc32)o1)C(=O)O. The number of carboxylic acid groups (broad SMARTS) is 1. The Labute approximate surface area is 139 Å². The van der Waals surface area contributed by atoms with Gasteiger partial charge in [0.2, 0.25) is 5.91 Å². The zero-order chi connectivity index (χ0) is 17.3. The first kappa shape index (κ1) is 16.1. The van der Waals surface area contributed by atoms with E-state index in [2.05, 4.69) is 5.32 Å². The van der Waals surface area contributed by atoms with Crippen molar-refractivity contribution in [2.45, 2.75) is 20.3 Å². The molecule has 5 nitrogen and oxygen atoms in total. The van der Waals surface area contributed by atoms with Crippen LogP contribution in [0.2, 0.25) is 0 Å². The third-order valence-electron chi connectivity index (χ3n) is 4.12. The van der Waals surface area contributed by atoms with E-state index in [0.717, 1.165) is 21.7 Å². The molecule has 1 aromatic heterocycles. The zero-order valence-electron chi connectivity index (χ0n) is 13.6. The van der Waals surface area contributed by atoms with Crippen LogP contribution in [0, 0.1) is 5.41 Å². The summed E-state index contributed by atoms with van der Waals surface area (Å²) in [6.07, 6.45) is 0.0820. The van der Waals surface area contributed by atoms with E-state index in [0.29, 0.717) is 5.76 Å². The fourth-order valence-electron chi connectivity index (χ4n) is 2.55. The quantitative estimate of drug-likeness (QED) is 0.754. The lowest BCUT2D eigenvalue weighted by atomic mass is 9.94. The van der Waals surface area contributed by atoms with E-state index < -0.39 is 11.4 Å². The number of furan rings is 1. The Morgan fingerprint density at radius 2 is 1.88 bits per heavy atom. The first-order chi connectivity index (χ1) is 11.4. The minimum Gasteiger partial charge on any atom is -0.481 e. The Bertz CT molecular complexity index is 923. The molecule has 1 amide bonds. The van der Waals surface area contributed by atoms with Gasteiger partial charge in [0.25, 0.3) is 0 Å². The Kier molecular flexibility index (Phi) is 4.01. The molecule has 0 saturated carbocycles. The van der Waals surface area contributed by atoms with E-state index >= 15 is 0 Å². The number of amides is 1. The summed E-state index contributed by atoms with van der Waals surface area (Å²) >= 11 is 0. The van der Waals surface area contributed by atoms with Crippen LogP contribution in [0.3, 0.4) is 0 Å². The van der Waals surface area contributed by atoms with Gasteiger partial charge < -0.3 is 14.8 Å². The standard InChI is InChI=1S/C19H19NO4/c1-19(2,18(22)23)11-20-17(21)10-13-9-15-14-6-4-3-5-12(14)7-8-16(15)24-13/h3-9H,10-11H2,1-2H3,(H,20,21)(H,22,23). The number of fused-ring (bicyclic) bond motifs is 3. The molecule has 0 fully saturated rings. The van der Waals surface area contributed by atoms with Crippen molar-refractivity contribution in [1.82, 2.24) is 5.32 Å². The van der Waals surface area contributed by atoms with Crippen LogP contribution < -0.4 is 5.32 Å². The molecule has 3 rings (SSSR count). The van der Waals surface area contributed by atoms with Crippen LogP contribution in [0.5, 0.6) is 0 Å². The molecule has 0 unspecified atom stereocenters. The number of hydrogen-bond acceptors (Lipinski definition) is 3. The normalized spacial score (nSPS) is 11.8. The highest BCUT2D eigenvalue weighted by atomic mass is 16.4. The van der Waals surface area contributed by atoms with Gasteiger partial charge in [0.05, 0.1) is 11.8 Å². The molecule has 0 aliphatic heterocycles. The van der Waals surface area contributed by atoms with Crippen molar-refractivity contribution in [3.63, 3.8) is 0 Å². The zero-order valence-corrected chi connectivity index (χ0v) is 13.6. The molecule has 5 heteroatoms. The lowest BCUT2D eigenvalue weighted by Crippen LogP contribution is -2.39. The van der Waals surface area contributed by atoms with Crippen LogP contribution in [-0.2, 0) is 16.0 Å². The Hall–Kier alpha value is -2.82. The number of hydrogen-bond donors (Lipinski definition) is 2. The second kappa shape index (κ2) is 6.00. The molecule has 1 heterocycles. The number of nitrogens with one attached hydrogen (secondary N) is 1. The monoisotopic (exact) mass is 325 g/mol. The number of carbonyl (C=O) groups excluding carboxylic acids is 1. The molecule has 3 aromatic rings. The molecule has 0 radical (unpaired) electrons. The lowest BCUT2D eigenvalue weighted by Gasteiger charge is -2.19. The molecular weight excluding hydrogens is 306 g/mol. The molecule has 124 valence electrons. The molecule has 24 heavy (non-hydrogen) atoms. The molecule has 0 spiro atoms. The van der Waals surface area contributed by atoms with Gasteiger partial charge in [-0.05, 0) is 36.8 Å². The minimum atomic E-state index is -1.00. The van der Waals surface area contributed by atoms with Gasteiger partial charge in [-0.15, -0.1) is 0 Å². The van der Waals surface area contributed by atoms with Crippen LogP contribution in [0.15, 0.2) is 46.9 Å². The average molecular weight is 325 g/mol. The largest absolute Gasteiger partial charge is 0.481 e. The Balaban J connectivity index is 1.77. The number of aliphatic carboxylic acids is 1. The van der Waals surface area contributed by atoms with Gasteiger partial charge in [-0.3, -0.25) is 9.59 Å². The van der Waals surface area contributed by atoms with Crippen LogP contribution in [0.1, 0.15) is 19.6 Å². The number of benzene rings is 2. The highest BCUT2D eigenvalue weighted by Crippen LogP contribution is 2.28. The summed E-state index contributed by atoms with van der Waals surface area (Å²) in [4.78, 5) is 23.1. The number of carbonyl (C=O) groups is 2. The molecular formula is C19H19NO4. The van der Waals surface area contributed by atoms with E-state index in [-0.39, 0.29) is 18.9 Å². The maximum atomic E-state index is 12.1. The fourth-order valence-corrected chi connectivity index (χ4v) is 2.55. The molecule has 0 aliphatic carbocycles. The third-order valence-corrected chi connectivity index (χ3v) is 4.12. The van der Waals surface area contributed by atoms with Gasteiger partial charge in [0.1, 0.15) is 11.3 Å². The predicted octanol–water partition coefficient (Wildman–Crippen LogP) is 3.36. The summed E-state index contributed by atoms with van der Waals surface area (Å²) in [5.74, 6) is -0.641. The predicted molar refractivity (Wildman–Crippen MR) is 91.9 cm³/mol. The van der Waals surface area contributed by atoms with Crippen molar-refractivity contribution in [3.8, 4) is 0 Å². The second-order valence-electron chi connectivity index (χ2n) is 6.55. The topological polar surface area (TPSA) is 79.5 Å². The van der Waals surface area contributed by atoms with Crippen LogP contribution >= 0.6 is 0 Å². The average Bonchev–Trinajstić information content (AvgIpc) is 2.95. The highest BCUT2D eigenvalue weighted by molar-refractivity contribution is 6.06. The van der Waals surface area contributed by atoms with E-state index in [1.807, 2.05) is 42.5 Å². The van der Waals surface area contributed by atoms with Gasteiger partial charge in [-0.25, -0.2) is 0 Å². The van der Waals surface area contributed by atoms with Crippen molar-refractivity contribution in [2.24, 2.45) is 5.41 Å². The summed E-state index contributed by atoms with van der Waals surface area (Å²) < 4.78 is 5.75. The summed E-state index contributed by atoms with van der Waals surface area (Å²) in [6.45, 7) is 3.22. The molecule has 2 aromatic carbocycles. The van der Waals surface area contributed by atoms with Crippen molar-refractivity contribution >= 4 is 33.6 Å². The Morgan fingerprint density at radius 1 is 1.12 bits per heavy atom. The number of carboxylic acids is 1. The second-order valence-corrected chi connectivity index (χ2v) is 6.55. The van der Waals surface area contributed by atoms with Crippen molar-refractivity contribution in [2.75, 3.05) is 6.54 Å². The van der Waals surface area contributed by atoms with Gasteiger partial charge in [0.15, 0.2) is 0 Å². The lowest BCUT2D eigenvalue weighted by molar-refractivity contribution is -0.146. The maximum absolute atomic E-state index is 12.1. The maximum Gasteiger partial charge on any atom is 0.310 e. The van der Waals surface area contributed by atoms with Gasteiger partial charge in [0, 0.05) is 11.9 Å². The summed E-state index contributed by atoms with van der Waals surface area (Å²) in [5, 5.41) is 14.9. The van der Waals surface area contributed by atoms with Gasteiger partial charge >= 0.3 is 5.97 Å². The van der Waals surface area contributed by atoms with Crippen molar-refractivity contribution in [3.05, 3.63) is 48.2 Å². The first-order valence-corrected chi connectivity index (χ1v) is 7.77. The number of rotatable bonds is 5. The first-order valence-electron chi connectivity index (χ1n) is 7.77. The van der Waals surface area contributed by atoms with Gasteiger partial charge in [-0.2, -0.15) is 0 Å². The van der Waals surface area contributed by atoms with E-state index in [1.54, 1.807) is 13.8 Å². The highest BCUT2D eigenvalue weighted by Gasteiger charge is 2.27. The van der Waals surface area contributed by atoms with Crippen LogP contribution in [0.4, 0.5) is 0 Å². The molecule has 2 N–H and O–H groups in total. The Morgan fingerprint density at radius 3 is 2.62 bits per heavy atom. The van der Waals surface area contributed by atoms with Crippen LogP contribution in [0.25, 0.3) is 21.7 Å². The van der Waals surface area contributed by atoms with Gasteiger partial charge in [-0.1, -0.05) is 30.3 Å². The molecule has 0 aliphatic rings. The van der Waals surface area contributed by atoms with Crippen molar-refractivity contribution in [1.29, 1.82) is 0 Å². The summed E-state index contributed by atoms with van der Waals surface area (Å²) in [7, 11) is 0. The smallest absolute Gasteiger partial charge is 0.310 e. The third kappa shape index (κ3) is 3.11. The summed E-state index contributed by atoms with van der Waals surface area (Å²) in [5.41, 5.74) is -0.262. The van der Waals surface area contributed by atoms with E-state index in [1.165, 1.54) is 0 Å². The van der Waals surface area contributed by atoms with E-state index in [9.17, 15) is 9.59 Å². The molecule has 0 bridgehead atoms. The van der Waals surface area contributed by atoms with Crippen molar-refractivity contribution < 1.29 is 19.1 Å². The minimum absolute atomic E-state index is 0.0737. The van der Waals surface area contributed by atoms with E-state index in [4.69, 9.17) is 9.52 Å². The van der Waals surface area contributed by atoms with Crippen LogP contribution in [-0.4, -0.2) is 23.5 Å². The molecule has 0 saturated heterocycles.